The van der Waals surface area contributed by atoms with E-state index in [4.69, 9.17) is 4.74 Å². The highest BCUT2D eigenvalue weighted by molar-refractivity contribution is 5.08. The van der Waals surface area contributed by atoms with E-state index in [1.165, 1.54) is 18.4 Å². The van der Waals surface area contributed by atoms with E-state index in [1.54, 1.807) is 7.11 Å². The number of rotatable bonds is 5. The van der Waals surface area contributed by atoms with E-state index >= 15 is 0 Å². The van der Waals surface area contributed by atoms with Crippen molar-refractivity contribution in [2.24, 2.45) is 0 Å². The number of hydrogen-bond donors (Lipinski definition) is 0. The van der Waals surface area contributed by atoms with E-state index in [9.17, 15) is 0 Å². The zero-order chi connectivity index (χ0) is 8.91. The molecule has 0 heterocycles. The molecule has 0 amide bonds. The van der Waals surface area contributed by atoms with Crippen molar-refractivity contribution >= 4 is 0 Å². The van der Waals surface area contributed by atoms with Gasteiger partial charge in [-0.3, -0.25) is 0 Å². The van der Waals surface area contributed by atoms with Crippen molar-refractivity contribution in [3.8, 4) is 0 Å². The summed E-state index contributed by atoms with van der Waals surface area (Å²) in [5.74, 6) is 0. The Kier molecular flexibility index (Phi) is 4.43. The first kappa shape index (κ1) is 10.7. The third-order valence-electron chi connectivity index (χ3n) is 2.19. The molecular formula is C10H20O. The minimum absolute atomic E-state index is 0.144. The maximum atomic E-state index is 5.30. The summed E-state index contributed by atoms with van der Waals surface area (Å²) in [7, 11) is 1.73. The quantitative estimate of drug-likeness (QED) is 0.555. The molecule has 0 aliphatic carbocycles. The van der Waals surface area contributed by atoms with Gasteiger partial charge in [-0.15, -0.1) is 0 Å². The monoisotopic (exact) mass is 156 g/mol. The van der Waals surface area contributed by atoms with Crippen LogP contribution in [0.25, 0.3) is 0 Å². The van der Waals surface area contributed by atoms with Crippen LogP contribution < -0.4 is 0 Å². The molecule has 0 atom stereocenters. The van der Waals surface area contributed by atoms with Crippen LogP contribution in [-0.4, -0.2) is 12.7 Å². The van der Waals surface area contributed by atoms with E-state index in [2.05, 4.69) is 27.4 Å². The SMILES string of the molecule is C=C(CCCC)C(C)(C)OC. The third kappa shape index (κ3) is 3.57. The van der Waals surface area contributed by atoms with Gasteiger partial charge in [-0.1, -0.05) is 19.9 Å². The summed E-state index contributed by atoms with van der Waals surface area (Å²) in [5, 5.41) is 0. The standard InChI is InChI=1S/C10H20O/c1-6-7-8-9(2)10(3,4)11-5/h2,6-8H2,1,3-5H3. The van der Waals surface area contributed by atoms with Gasteiger partial charge in [0.15, 0.2) is 0 Å². The van der Waals surface area contributed by atoms with E-state index in [0.29, 0.717) is 0 Å². The molecule has 0 radical (unpaired) electrons. The minimum Gasteiger partial charge on any atom is -0.374 e. The van der Waals surface area contributed by atoms with E-state index in [1.807, 2.05) is 0 Å². The van der Waals surface area contributed by atoms with Gasteiger partial charge in [0.25, 0.3) is 0 Å². The predicted molar refractivity (Wildman–Crippen MR) is 49.8 cm³/mol. The average Bonchev–Trinajstić information content (AvgIpc) is 2.00. The molecule has 0 saturated heterocycles. The topological polar surface area (TPSA) is 9.23 Å². The Bertz CT molecular complexity index is 125. The van der Waals surface area contributed by atoms with Crippen LogP contribution in [0.2, 0.25) is 0 Å². The van der Waals surface area contributed by atoms with E-state index in [0.717, 1.165) is 6.42 Å². The van der Waals surface area contributed by atoms with Gasteiger partial charge < -0.3 is 4.74 Å². The third-order valence-corrected chi connectivity index (χ3v) is 2.19. The first-order valence-corrected chi connectivity index (χ1v) is 4.28. The van der Waals surface area contributed by atoms with Gasteiger partial charge >= 0.3 is 0 Å². The molecule has 0 aliphatic rings. The smallest absolute Gasteiger partial charge is 0.0829 e. The molecule has 0 aromatic rings. The van der Waals surface area contributed by atoms with Gasteiger partial charge in [0, 0.05) is 7.11 Å². The van der Waals surface area contributed by atoms with Crippen molar-refractivity contribution in [3.63, 3.8) is 0 Å². The highest BCUT2D eigenvalue weighted by atomic mass is 16.5. The molecule has 0 aromatic carbocycles. The Morgan fingerprint density at radius 1 is 1.45 bits per heavy atom. The Labute approximate surface area is 70.4 Å². The van der Waals surface area contributed by atoms with Crippen molar-refractivity contribution in [1.29, 1.82) is 0 Å². The lowest BCUT2D eigenvalue weighted by Gasteiger charge is -2.25. The van der Waals surface area contributed by atoms with Crippen LogP contribution in [0.3, 0.4) is 0 Å². The lowest BCUT2D eigenvalue weighted by molar-refractivity contribution is 0.0523. The fraction of sp³-hybridized carbons (Fsp3) is 0.800. The van der Waals surface area contributed by atoms with Crippen LogP contribution in [0, 0.1) is 0 Å². The largest absolute Gasteiger partial charge is 0.374 e. The first-order chi connectivity index (χ1) is 5.04. The van der Waals surface area contributed by atoms with Crippen molar-refractivity contribution in [3.05, 3.63) is 12.2 Å². The second-order valence-corrected chi connectivity index (χ2v) is 3.42. The minimum atomic E-state index is -0.144. The molecule has 1 heteroatoms. The summed E-state index contributed by atoms with van der Waals surface area (Å²) in [4.78, 5) is 0. The molecule has 0 fully saturated rings. The molecule has 1 nitrogen and oxygen atoms in total. The van der Waals surface area contributed by atoms with Crippen molar-refractivity contribution in [2.75, 3.05) is 7.11 Å². The summed E-state index contributed by atoms with van der Waals surface area (Å²) in [6.07, 6.45) is 3.52. The van der Waals surface area contributed by atoms with E-state index < -0.39 is 0 Å². The van der Waals surface area contributed by atoms with Gasteiger partial charge in [-0.25, -0.2) is 0 Å². The molecule has 0 aromatic heterocycles. The number of unbranched alkanes of at least 4 members (excludes halogenated alkanes) is 1. The second-order valence-electron chi connectivity index (χ2n) is 3.42. The zero-order valence-electron chi connectivity index (χ0n) is 8.24. The molecule has 66 valence electrons. The van der Waals surface area contributed by atoms with Crippen molar-refractivity contribution < 1.29 is 4.74 Å². The first-order valence-electron chi connectivity index (χ1n) is 4.28. The fourth-order valence-corrected chi connectivity index (χ4v) is 0.836. The van der Waals surface area contributed by atoms with Crippen molar-refractivity contribution in [1.82, 2.24) is 0 Å². The predicted octanol–water partition coefficient (Wildman–Crippen LogP) is 3.16. The van der Waals surface area contributed by atoms with Crippen LogP contribution in [0.1, 0.15) is 40.0 Å². The van der Waals surface area contributed by atoms with E-state index in [-0.39, 0.29) is 5.60 Å². The van der Waals surface area contributed by atoms with Crippen LogP contribution >= 0.6 is 0 Å². The fourth-order valence-electron chi connectivity index (χ4n) is 0.836. The molecule has 0 saturated carbocycles. The Balaban J connectivity index is 3.82. The molecule has 0 unspecified atom stereocenters. The van der Waals surface area contributed by atoms with Crippen LogP contribution in [-0.2, 0) is 4.74 Å². The summed E-state index contributed by atoms with van der Waals surface area (Å²) in [5.41, 5.74) is 1.05. The highest BCUT2D eigenvalue weighted by Crippen LogP contribution is 2.22. The Hall–Kier alpha value is -0.300. The molecule has 0 spiro atoms. The summed E-state index contributed by atoms with van der Waals surface area (Å²) >= 11 is 0. The van der Waals surface area contributed by atoms with Crippen LogP contribution in [0.4, 0.5) is 0 Å². The maximum absolute atomic E-state index is 5.30. The number of methoxy groups -OCH3 is 1. The molecule has 0 rings (SSSR count). The molecule has 11 heavy (non-hydrogen) atoms. The molecule has 0 N–H and O–H groups in total. The highest BCUT2D eigenvalue weighted by Gasteiger charge is 2.19. The zero-order valence-corrected chi connectivity index (χ0v) is 8.24. The lowest BCUT2D eigenvalue weighted by Crippen LogP contribution is -2.24. The van der Waals surface area contributed by atoms with Gasteiger partial charge in [0.05, 0.1) is 5.60 Å². The summed E-state index contributed by atoms with van der Waals surface area (Å²) < 4.78 is 5.30. The second kappa shape index (κ2) is 4.55. The van der Waals surface area contributed by atoms with Crippen LogP contribution in [0.15, 0.2) is 12.2 Å². The normalized spacial score (nSPS) is 11.6. The Morgan fingerprint density at radius 2 is 2.00 bits per heavy atom. The summed E-state index contributed by atoms with van der Waals surface area (Å²) in [6, 6.07) is 0. The Morgan fingerprint density at radius 3 is 2.36 bits per heavy atom. The van der Waals surface area contributed by atoms with Gasteiger partial charge in [0.2, 0.25) is 0 Å². The van der Waals surface area contributed by atoms with Gasteiger partial charge in [-0.2, -0.15) is 0 Å². The molecule has 0 aliphatic heterocycles. The van der Waals surface area contributed by atoms with Crippen molar-refractivity contribution in [2.45, 2.75) is 45.6 Å². The molecular weight excluding hydrogens is 136 g/mol. The molecule has 0 bridgehead atoms. The lowest BCUT2D eigenvalue weighted by atomic mass is 9.95. The van der Waals surface area contributed by atoms with Gasteiger partial charge in [0.1, 0.15) is 0 Å². The average molecular weight is 156 g/mol. The maximum Gasteiger partial charge on any atom is 0.0829 e. The number of ether oxygens (including phenoxy) is 1. The number of hydrogen-bond acceptors (Lipinski definition) is 1. The van der Waals surface area contributed by atoms with Crippen LogP contribution in [0.5, 0.6) is 0 Å². The van der Waals surface area contributed by atoms with Gasteiger partial charge in [-0.05, 0) is 32.3 Å². The summed E-state index contributed by atoms with van der Waals surface area (Å²) in [6.45, 7) is 10.3.